The standard InChI is InChI=1S/C16H25FN2O3/c1-2-19-7-8-21-16(11-19)10-18-9-14(20)12-22-15-5-3-13(17)4-6-15/h3-6,14,16,18,20H,2,7-12H2,1H3. The summed E-state index contributed by atoms with van der Waals surface area (Å²) in [5.41, 5.74) is 0. The molecule has 1 saturated heterocycles. The molecule has 0 bridgehead atoms. The topological polar surface area (TPSA) is 54.0 Å². The molecular weight excluding hydrogens is 287 g/mol. The summed E-state index contributed by atoms with van der Waals surface area (Å²) in [6.07, 6.45) is -0.449. The minimum atomic E-state index is -0.615. The van der Waals surface area contributed by atoms with Crippen molar-refractivity contribution in [2.75, 3.05) is 45.9 Å². The third-order valence-corrected chi connectivity index (χ3v) is 3.68. The SMILES string of the molecule is CCN1CCOC(CNCC(O)COc2ccc(F)cc2)C1. The van der Waals surface area contributed by atoms with Crippen LogP contribution in [-0.2, 0) is 4.74 Å². The van der Waals surface area contributed by atoms with E-state index in [0.717, 1.165) is 26.2 Å². The molecule has 1 aromatic carbocycles. The molecule has 22 heavy (non-hydrogen) atoms. The van der Waals surface area contributed by atoms with Crippen LogP contribution < -0.4 is 10.1 Å². The largest absolute Gasteiger partial charge is 0.491 e. The van der Waals surface area contributed by atoms with Crippen molar-refractivity contribution in [1.82, 2.24) is 10.2 Å². The van der Waals surface area contributed by atoms with Crippen molar-refractivity contribution in [1.29, 1.82) is 0 Å². The second kappa shape index (κ2) is 9.05. The second-order valence-corrected chi connectivity index (χ2v) is 5.46. The highest BCUT2D eigenvalue weighted by Crippen LogP contribution is 2.11. The summed E-state index contributed by atoms with van der Waals surface area (Å²) < 4.78 is 23.8. The lowest BCUT2D eigenvalue weighted by Crippen LogP contribution is -2.47. The van der Waals surface area contributed by atoms with Crippen LogP contribution in [0.15, 0.2) is 24.3 Å². The number of hydrogen-bond acceptors (Lipinski definition) is 5. The van der Waals surface area contributed by atoms with E-state index in [4.69, 9.17) is 9.47 Å². The van der Waals surface area contributed by atoms with E-state index >= 15 is 0 Å². The fraction of sp³-hybridized carbons (Fsp3) is 0.625. The molecule has 6 heteroatoms. The Morgan fingerprint density at radius 2 is 2.23 bits per heavy atom. The molecule has 2 rings (SSSR count). The number of halogens is 1. The van der Waals surface area contributed by atoms with Gasteiger partial charge in [-0.1, -0.05) is 6.92 Å². The van der Waals surface area contributed by atoms with Crippen LogP contribution in [0.25, 0.3) is 0 Å². The zero-order valence-corrected chi connectivity index (χ0v) is 13.0. The molecule has 0 aliphatic carbocycles. The van der Waals surface area contributed by atoms with E-state index in [1.165, 1.54) is 12.1 Å². The second-order valence-electron chi connectivity index (χ2n) is 5.46. The minimum Gasteiger partial charge on any atom is -0.491 e. The maximum atomic E-state index is 12.8. The Hall–Kier alpha value is -1.21. The van der Waals surface area contributed by atoms with Crippen LogP contribution in [0, 0.1) is 5.82 Å². The molecule has 0 radical (unpaired) electrons. The van der Waals surface area contributed by atoms with E-state index in [2.05, 4.69) is 17.1 Å². The third kappa shape index (κ3) is 5.88. The molecule has 1 aromatic rings. The van der Waals surface area contributed by atoms with E-state index in [1.54, 1.807) is 12.1 Å². The molecule has 5 nitrogen and oxygen atoms in total. The number of nitrogens with one attached hydrogen (secondary N) is 1. The molecule has 1 fully saturated rings. The van der Waals surface area contributed by atoms with E-state index < -0.39 is 6.10 Å². The van der Waals surface area contributed by atoms with Crippen LogP contribution in [0.1, 0.15) is 6.92 Å². The highest BCUT2D eigenvalue weighted by molar-refractivity contribution is 5.22. The zero-order valence-electron chi connectivity index (χ0n) is 13.0. The quantitative estimate of drug-likeness (QED) is 0.746. The van der Waals surface area contributed by atoms with Gasteiger partial charge in [0.2, 0.25) is 0 Å². The summed E-state index contributed by atoms with van der Waals surface area (Å²) >= 11 is 0. The Labute approximate surface area is 131 Å². The van der Waals surface area contributed by atoms with Crippen LogP contribution in [-0.4, -0.2) is 68.2 Å². The Morgan fingerprint density at radius 3 is 2.95 bits per heavy atom. The number of aliphatic hydroxyl groups is 1. The highest BCUT2D eigenvalue weighted by atomic mass is 19.1. The van der Waals surface area contributed by atoms with Gasteiger partial charge in [-0.2, -0.15) is 0 Å². The molecule has 0 saturated carbocycles. The van der Waals surface area contributed by atoms with Crippen LogP contribution >= 0.6 is 0 Å². The zero-order chi connectivity index (χ0) is 15.8. The number of benzene rings is 1. The molecular formula is C16H25FN2O3. The maximum Gasteiger partial charge on any atom is 0.123 e. The van der Waals surface area contributed by atoms with Crippen molar-refractivity contribution in [3.63, 3.8) is 0 Å². The number of ether oxygens (including phenoxy) is 2. The fourth-order valence-electron chi connectivity index (χ4n) is 2.38. The molecule has 0 aromatic heterocycles. The molecule has 124 valence electrons. The monoisotopic (exact) mass is 312 g/mol. The van der Waals surface area contributed by atoms with E-state index in [0.29, 0.717) is 18.8 Å². The maximum absolute atomic E-state index is 12.8. The summed E-state index contributed by atoms with van der Waals surface area (Å²) in [6, 6.07) is 5.76. The predicted molar refractivity (Wildman–Crippen MR) is 82.6 cm³/mol. The molecule has 1 heterocycles. The van der Waals surface area contributed by atoms with Crippen molar-refractivity contribution in [3.05, 3.63) is 30.1 Å². The summed E-state index contributed by atoms with van der Waals surface area (Å²) in [5.74, 6) is 0.248. The number of hydrogen-bond donors (Lipinski definition) is 2. The van der Waals surface area contributed by atoms with Gasteiger partial charge in [-0.05, 0) is 30.8 Å². The van der Waals surface area contributed by atoms with Gasteiger partial charge in [0.1, 0.15) is 24.3 Å². The Balaban J connectivity index is 1.59. The fourth-order valence-corrected chi connectivity index (χ4v) is 2.38. The van der Waals surface area contributed by atoms with Gasteiger partial charge in [0.15, 0.2) is 0 Å². The lowest BCUT2D eigenvalue weighted by atomic mass is 10.2. The number of nitrogens with zero attached hydrogens (tertiary/aromatic N) is 1. The average molecular weight is 312 g/mol. The molecule has 2 atom stereocenters. The molecule has 1 aliphatic rings. The average Bonchev–Trinajstić information content (AvgIpc) is 2.54. The first-order chi connectivity index (χ1) is 10.7. The van der Waals surface area contributed by atoms with E-state index in [1.807, 2.05) is 0 Å². The van der Waals surface area contributed by atoms with Gasteiger partial charge in [-0.25, -0.2) is 4.39 Å². The van der Waals surface area contributed by atoms with Crippen molar-refractivity contribution < 1.29 is 19.0 Å². The first-order valence-electron chi connectivity index (χ1n) is 7.78. The first kappa shape index (κ1) is 17.1. The first-order valence-corrected chi connectivity index (χ1v) is 7.78. The number of likely N-dealkylation sites (N-methyl/N-ethyl adjacent to an activating group) is 1. The number of rotatable bonds is 8. The van der Waals surface area contributed by atoms with E-state index in [9.17, 15) is 9.50 Å². The van der Waals surface area contributed by atoms with Gasteiger partial charge >= 0.3 is 0 Å². The lowest BCUT2D eigenvalue weighted by molar-refractivity contribution is -0.0266. The van der Waals surface area contributed by atoms with Crippen molar-refractivity contribution >= 4 is 0 Å². The summed E-state index contributed by atoms with van der Waals surface area (Å²) in [4.78, 5) is 2.35. The van der Waals surface area contributed by atoms with Crippen LogP contribution in [0.2, 0.25) is 0 Å². The summed E-state index contributed by atoms with van der Waals surface area (Å²) in [6.45, 7) is 7.17. The highest BCUT2D eigenvalue weighted by Gasteiger charge is 2.19. The normalized spacial score (nSPS) is 20.8. The Bertz CT molecular complexity index is 430. The summed E-state index contributed by atoms with van der Waals surface area (Å²) in [5, 5.41) is 13.1. The number of morpholine rings is 1. The summed E-state index contributed by atoms with van der Waals surface area (Å²) in [7, 11) is 0. The van der Waals surface area contributed by atoms with Gasteiger partial charge in [-0.3, -0.25) is 4.90 Å². The van der Waals surface area contributed by atoms with Crippen LogP contribution in [0.3, 0.4) is 0 Å². The molecule has 0 spiro atoms. The minimum absolute atomic E-state index is 0.166. The Morgan fingerprint density at radius 1 is 1.45 bits per heavy atom. The van der Waals surface area contributed by atoms with Crippen molar-refractivity contribution in [2.24, 2.45) is 0 Å². The third-order valence-electron chi connectivity index (χ3n) is 3.68. The lowest BCUT2D eigenvalue weighted by Gasteiger charge is -2.32. The molecule has 2 unspecified atom stereocenters. The predicted octanol–water partition coefficient (Wildman–Crippen LogP) is 0.876. The number of aliphatic hydroxyl groups excluding tert-OH is 1. The van der Waals surface area contributed by atoms with Gasteiger partial charge < -0.3 is 19.9 Å². The van der Waals surface area contributed by atoms with Crippen molar-refractivity contribution in [2.45, 2.75) is 19.1 Å². The van der Waals surface area contributed by atoms with Gasteiger partial charge in [0.25, 0.3) is 0 Å². The van der Waals surface area contributed by atoms with Crippen molar-refractivity contribution in [3.8, 4) is 5.75 Å². The molecule has 2 N–H and O–H groups in total. The van der Waals surface area contributed by atoms with Gasteiger partial charge in [-0.15, -0.1) is 0 Å². The van der Waals surface area contributed by atoms with Crippen LogP contribution in [0.4, 0.5) is 4.39 Å². The van der Waals surface area contributed by atoms with Gasteiger partial charge in [0.05, 0.1) is 12.7 Å². The smallest absolute Gasteiger partial charge is 0.123 e. The van der Waals surface area contributed by atoms with E-state index in [-0.39, 0.29) is 18.5 Å². The Kier molecular flexibility index (Phi) is 7.05. The van der Waals surface area contributed by atoms with Gasteiger partial charge in [0, 0.05) is 26.2 Å². The van der Waals surface area contributed by atoms with Crippen LogP contribution in [0.5, 0.6) is 5.75 Å². The molecule has 1 aliphatic heterocycles. The molecule has 0 amide bonds.